The van der Waals surface area contributed by atoms with E-state index in [1.54, 1.807) is 13.8 Å². The highest BCUT2D eigenvalue weighted by molar-refractivity contribution is 7.99. The maximum Gasteiger partial charge on any atom is 0.321 e. The average molecular weight is 221 g/mol. The molecule has 0 bridgehead atoms. The Morgan fingerprint density at radius 1 is 1.43 bits per heavy atom. The average Bonchev–Trinajstić information content (AvgIpc) is 2.03. The van der Waals surface area contributed by atoms with Gasteiger partial charge in [0.2, 0.25) is 0 Å². The highest BCUT2D eigenvalue weighted by atomic mass is 32.2. The molecule has 0 spiro atoms. The number of thioether (sulfide) groups is 1. The predicted octanol–water partition coefficient (Wildman–Crippen LogP) is 0.242. The Kier molecular flexibility index (Phi) is 4.93. The number of aliphatic carboxylic acids is 2. The Balaban J connectivity index is 3.85. The van der Waals surface area contributed by atoms with E-state index in [2.05, 4.69) is 0 Å². The van der Waals surface area contributed by atoms with Crippen LogP contribution in [0.5, 0.6) is 0 Å². The highest BCUT2D eigenvalue weighted by Crippen LogP contribution is 2.22. The van der Waals surface area contributed by atoms with Crippen molar-refractivity contribution < 1.29 is 19.8 Å². The van der Waals surface area contributed by atoms with Gasteiger partial charge in [-0.3, -0.25) is 9.59 Å². The minimum absolute atomic E-state index is 0.228. The lowest BCUT2D eigenvalue weighted by molar-refractivity contribution is -0.145. The van der Waals surface area contributed by atoms with Crippen molar-refractivity contribution in [1.82, 2.24) is 0 Å². The van der Waals surface area contributed by atoms with Crippen molar-refractivity contribution >= 4 is 23.7 Å². The molecule has 82 valence electrons. The molecular weight excluding hydrogens is 206 g/mol. The third-order valence-electron chi connectivity index (χ3n) is 1.66. The second-order valence-corrected chi connectivity index (χ2v) is 4.68. The van der Waals surface area contributed by atoms with Gasteiger partial charge >= 0.3 is 11.9 Å². The van der Waals surface area contributed by atoms with Crippen molar-refractivity contribution in [3.63, 3.8) is 0 Å². The molecule has 5 nitrogen and oxygen atoms in total. The van der Waals surface area contributed by atoms with Gasteiger partial charge in [0.15, 0.2) is 0 Å². The number of hydrogen-bond donors (Lipinski definition) is 3. The van der Waals surface area contributed by atoms with Gasteiger partial charge in [-0.2, -0.15) is 11.8 Å². The number of rotatable bonds is 6. The van der Waals surface area contributed by atoms with Crippen LogP contribution in [0.25, 0.3) is 0 Å². The van der Waals surface area contributed by atoms with Gasteiger partial charge in [0.05, 0.1) is 5.41 Å². The largest absolute Gasteiger partial charge is 0.481 e. The van der Waals surface area contributed by atoms with E-state index >= 15 is 0 Å². The van der Waals surface area contributed by atoms with Crippen molar-refractivity contribution in [3.8, 4) is 0 Å². The van der Waals surface area contributed by atoms with Gasteiger partial charge < -0.3 is 15.9 Å². The van der Waals surface area contributed by atoms with E-state index in [-0.39, 0.29) is 5.75 Å². The zero-order valence-corrected chi connectivity index (χ0v) is 9.00. The minimum atomic E-state index is -1.06. The molecule has 6 heteroatoms. The molecule has 0 aromatic carbocycles. The molecule has 0 fully saturated rings. The fourth-order valence-corrected chi connectivity index (χ4v) is 1.72. The normalized spacial score (nSPS) is 13.6. The van der Waals surface area contributed by atoms with Crippen LogP contribution in [0.2, 0.25) is 0 Å². The van der Waals surface area contributed by atoms with Gasteiger partial charge in [-0.15, -0.1) is 0 Å². The summed E-state index contributed by atoms with van der Waals surface area (Å²) in [5.74, 6) is -1.38. The number of carboxylic acid groups (broad SMARTS) is 2. The summed E-state index contributed by atoms with van der Waals surface area (Å²) in [4.78, 5) is 21.0. The lowest BCUT2D eigenvalue weighted by Crippen LogP contribution is -2.34. The quantitative estimate of drug-likeness (QED) is 0.594. The topological polar surface area (TPSA) is 101 Å². The third kappa shape index (κ3) is 4.48. The van der Waals surface area contributed by atoms with Gasteiger partial charge in [0.25, 0.3) is 0 Å². The Morgan fingerprint density at radius 3 is 2.29 bits per heavy atom. The van der Waals surface area contributed by atoms with Crippen molar-refractivity contribution in [3.05, 3.63) is 0 Å². The molecule has 0 saturated carbocycles. The van der Waals surface area contributed by atoms with Gasteiger partial charge in [-0.25, -0.2) is 0 Å². The number of carbonyl (C=O) groups is 2. The lowest BCUT2D eigenvalue weighted by atomic mass is 9.97. The molecule has 0 heterocycles. The summed E-state index contributed by atoms with van der Waals surface area (Å²) >= 11 is 1.24. The molecule has 1 atom stereocenters. The Hall–Kier alpha value is -0.750. The summed E-state index contributed by atoms with van der Waals surface area (Å²) in [5, 5.41) is 17.2. The van der Waals surface area contributed by atoms with Gasteiger partial charge in [-0.05, 0) is 13.8 Å². The van der Waals surface area contributed by atoms with E-state index in [4.69, 9.17) is 15.9 Å². The van der Waals surface area contributed by atoms with Crippen LogP contribution in [0.3, 0.4) is 0 Å². The SMILES string of the molecule is CC(C)(CSC[C@@H](N)C(=O)O)C(=O)O. The molecule has 0 aromatic heterocycles. The molecule has 0 aliphatic rings. The summed E-state index contributed by atoms with van der Waals surface area (Å²) < 4.78 is 0. The molecule has 0 aromatic rings. The molecule has 0 radical (unpaired) electrons. The maximum absolute atomic E-state index is 10.7. The second kappa shape index (κ2) is 5.21. The molecule has 14 heavy (non-hydrogen) atoms. The maximum atomic E-state index is 10.7. The first kappa shape index (κ1) is 13.2. The molecule has 0 amide bonds. The van der Waals surface area contributed by atoms with Crippen LogP contribution in [-0.2, 0) is 9.59 Å². The number of carboxylic acids is 2. The molecule has 0 aliphatic carbocycles. The fraction of sp³-hybridized carbons (Fsp3) is 0.750. The molecule has 0 rings (SSSR count). The van der Waals surface area contributed by atoms with Crippen molar-refractivity contribution in [1.29, 1.82) is 0 Å². The smallest absolute Gasteiger partial charge is 0.321 e. The van der Waals surface area contributed by atoms with Gasteiger partial charge in [-0.1, -0.05) is 0 Å². The lowest BCUT2D eigenvalue weighted by Gasteiger charge is -2.18. The van der Waals surface area contributed by atoms with Crippen molar-refractivity contribution in [2.75, 3.05) is 11.5 Å². The van der Waals surface area contributed by atoms with E-state index in [1.165, 1.54) is 11.8 Å². The monoisotopic (exact) mass is 221 g/mol. The Bertz CT molecular complexity index is 229. The second-order valence-electron chi connectivity index (χ2n) is 3.65. The third-order valence-corrected chi connectivity index (χ3v) is 3.18. The summed E-state index contributed by atoms with van der Waals surface area (Å²) in [6.07, 6.45) is 0. The Morgan fingerprint density at radius 2 is 1.93 bits per heavy atom. The summed E-state index contributed by atoms with van der Waals surface area (Å²) in [6.45, 7) is 3.18. The van der Waals surface area contributed by atoms with Crippen LogP contribution in [0.1, 0.15) is 13.8 Å². The Labute approximate surface area is 86.7 Å². The first-order valence-corrected chi connectivity index (χ1v) is 5.22. The van der Waals surface area contributed by atoms with Gasteiger partial charge in [0.1, 0.15) is 6.04 Å². The van der Waals surface area contributed by atoms with Crippen LogP contribution in [-0.4, -0.2) is 39.7 Å². The number of hydrogen-bond acceptors (Lipinski definition) is 4. The van der Waals surface area contributed by atoms with Crippen LogP contribution in [0.4, 0.5) is 0 Å². The minimum Gasteiger partial charge on any atom is -0.481 e. The predicted molar refractivity (Wildman–Crippen MR) is 54.4 cm³/mol. The van der Waals surface area contributed by atoms with E-state index in [9.17, 15) is 9.59 Å². The zero-order valence-electron chi connectivity index (χ0n) is 8.19. The van der Waals surface area contributed by atoms with Crippen molar-refractivity contribution in [2.45, 2.75) is 19.9 Å². The van der Waals surface area contributed by atoms with Crippen molar-refractivity contribution in [2.24, 2.45) is 11.1 Å². The van der Waals surface area contributed by atoms with Crippen LogP contribution in [0.15, 0.2) is 0 Å². The summed E-state index contributed by atoms with van der Waals surface area (Å²) in [6, 6.07) is -0.926. The molecular formula is C8H15NO4S. The van der Waals surface area contributed by atoms with E-state index < -0.39 is 23.4 Å². The number of nitrogens with two attached hydrogens (primary N) is 1. The molecule has 0 unspecified atom stereocenters. The fourth-order valence-electron chi connectivity index (χ4n) is 0.574. The van der Waals surface area contributed by atoms with Crippen LogP contribution in [0, 0.1) is 5.41 Å². The highest BCUT2D eigenvalue weighted by Gasteiger charge is 2.27. The summed E-state index contributed by atoms with van der Waals surface area (Å²) in [7, 11) is 0. The van der Waals surface area contributed by atoms with Crippen LogP contribution < -0.4 is 5.73 Å². The first-order chi connectivity index (χ1) is 6.27. The van der Waals surface area contributed by atoms with E-state index in [0.29, 0.717) is 5.75 Å². The summed E-state index contributed by atoms with van der Waals surface area (Å²) in [5.41, 5.74) is 4.41. The van der Waals surface area contributed by atoms with Crippen LogP contribution >= 0.6 is 11.8 Å². The van der Waals surface area contributed by atoms with E-state index in [1.807, 2.05) is 0 Å². The zero-order chi connectivity index (χ0) is 11.4. The molecule has 0 saturated heterocycles. The van der Waals surface area contributed by atoms with E-state index in [0.717, 1.165) is 0 Å². The standard InChI is InChI=1S/C8H15NO4S/c1-8(2,7(12)13)4-14-3-5(9)6(10)11/h5H,3-4,9H2,1-2H3,(H,10,11)(H,12,13)/t5-/m1/s1. The van der Waals surface area contributed by atoms with Gasteiger partial charge in [0, 0.05) is 11.5 Å². The first-order valence-electron chi connectivity index (χ1n) is 4.07. The molecule has 0 aliphatic heterocycles. The molecule has 4 N–H and O–H groups in total.